The summed E-state index contributed by atoms with van der Waals surface area (Å²) in [5, 5.41) is 2.17. The normalized spacial score (nSPS) is 12.0. The first kappa shape index (κ1) is 9.10. The van der Waals surface area contributed by atoms with Gasteiger partial charge in [0.1, 0.15) is 0 Å². The van der Waals surface area contributed by atoms with Gasteiger partial charge in [-0.15, -0.1) is 0 Å². The van der Waals surface area contributed by atoms with Gasteiger partial charge in [-0.1, -0.05) is 0 Å². The smallest absolute Gasteiger partial charge is 0.308 e. The summed E-state index contributed by atoms with van der Waals surface area (Å²) < 4.78 is 33.9. The molecule has 0 heterocycles. The van der Waals surface area contributed by atoms with Crippen molar-refractivity contribution in [2.45, 2.75) is 6.18 Å². The lowest BCUT2D eigenvalue weighted by Crippen LogP contribution is -2.29. The minimum Gasteiger partial charge on any atom is -0.308 e. The number of hydrogen-bond donors (Lipinski definition) is 2. The van der Waals surface area contributed by atoms with Crippen LogP contribution in [0.3, 0.4) is 0 Å². The molecule has 0 rings (SSSR count). The Labute approximate surface area is 57.0 Å². The highest BCUT2D eigenvalue weighted by molar-refractivity contribution is 7.80. The van der Waals surface area contributed by atoms with Crippen molar-refractivity contribution in [1.82, 2.24) is 5.32 Å². The van der Waals surface area contributed by atoms with Crippen molar-refractivity contribution in [3.8, 4) is 0 Å². The van der Waals surface area contributed by atoms with Crippen LogP contribution in [0.25, 0.3) is 0 Å². The second-order valence-electron chi connectivity index (χ2n) is 1.52. The van der Waals surface area contributed by atoms with Crippen molar-refractivity contribution in [1.29, 1.82) is 0 Å². The maximum atomic E-state index is 11.3. The van der Waals surface area contributed by atoms with Gasteiger partial charge in [0.05, 0.1) is 6.54 Å². The van der Waals surface area contributed by atoms with E-state index < -0.39 is 12.7 Å². The molecule has 0 saturated heterocycles. The topological polar surface area (TPSA) is 12.0 Å². The van der Waals surface area contributed by atoms with Gasteiger partial charge in [0.2, 0.25) is 0 Å². The zero-order valence-corrected chi connectivity index (χ0v) is 5.60. The van der Waals surface area contributed by atoms with Crippen LogP contribution in [0.15, 0.2) is 0 Å². The Morgan fingerprint density at radius 1 is 1.33 bits per heavy atom. The Morgan fingerprint density at radius 3 is 2.22 bits per heavy atom. The van der Waals surface area contributed by atoms with Gasteiger partial charge in [-0.3, -0.25) is 0 Å². The Kier molecular flexibility index (Phi) is 4.05. The zero-order chi connectivity index (χ0) is 7.33. The summed E-state index contributed by atoms with van der Waals surface area (Å²) in [4.78, 5) is 0. The molecule has 0 atom stereocenters. The molecule has 0 aromatic carbocycles. The van der Waals surface area contributed by atoms with E-state index in [0.717, 1.165) is 0 Å². The van der Waals surface area contributed by atoms with Gasteiger partial charge >= 0.3 is 6.18 Å². The summed E-state index contributed by atoms with van der Waals surface area (Å²) in [6.45, 7) is -0.629. The van der Waals surface area contributed by atoms with Crippen molar-refractivity contribution in [3.05, 3.63) is 0 Å². The molecule has 0 unspecified atom stereocenters. The first-order valence-electron chi connectivity index (χ1n) is 2.44. The highest BCUT2D eigenvalue weighted by atomic mass is 32.1. The average Bonchev–Trinajstić information content (AvgIpc) is 1.63. The van der Waals surface area contributed by atoms with E-state index in [9.17, 15) is 13.2 Å². The second-order valence-corrected chi connectivity index (χ2v) is 1.96. The maximum absolute atomic E-state index is 11.3. The number of nitrogens with one attached hydrogen (secondary N) is 1. The van der Waals surface area contributed by atoms with Crippen LogP contribution in [0.5, 0.6) is 0 Å². The Hall–Kier alpha value is 0.100. The Bertz CT molecular complexity index is 72.7. The molecule has 5 heteroatoms. The van der Waals surface area contributed by atoms with Crippen molar-refractivity contribution < 1.29 is 13.2 Å². The van der Waals surface area contributed by atoms with Crippen LogP contribution >= 0.6 is 12.6 Å². The lowest BCUT2D eigenvalue weighted by atomic mass is 10.6. The molecule has 0 fully saturated rings. The molecule has 9 heavy (non-hydrogen) atoms. The van der Waals surface area contributed by atoms with Crippen LogP contribution in [0.2, 0.25) is 0 Å². The van der Waals surface area contributed by atoms with Gasteiger partial charge in [-0.2, -0.15) is 25.8 Å². The molecular formula is C4H8F3NS. The van der Waals surface area contributed by atoms with E-state index in [1.807, 2.05) is 0 Å². The minimum absolute atomic E-state index is 0.294. The van der Waals surface area contributed by atoms with Gasteiger partial charge in [-0.25, -0.2) is 0 Å². The first-order chi connectivity index (χ1) is 4.06. The Morgan fingerprint density at radius 2 is 1.89 bits per heavy atom. The molecule has 0 aliphatic carbocycles. The van der Waals surface area contributed by atoms with Gasteiger partial charge in [-0.05, 0) is 0 Å². The molecule has 0 spiro atoms. The molecule has 0 bridgehead atoms. The van der Waals surface area contributed by atoms with Gasteiger partial charge in [0.25, 0.3) is 0 Å². The maximum Gasteiger partial charge on any atom is 0.401 e. The summed E-state index contributed by atoms with van der Waals surface area (Å²) in [6.07, 6.45) is -4.09. The third-order valence-electron chi connectivity index (χ3n) is 0.614. The summed E-state index contributed by atoms with van der Waals surface area (Å²) in [5.74, 6) is 0.427. The fraction of sp³-hybridized carbons (Fsp3) is 1.00. The van der Waals surface area contributed by atoms with Crippen molar-refractivity contribution in [2.24, 2.45) is 0 Å². The van der Waals surface area contributed by atoms with Gasteiger partial charge < -0.3 is 5.32 Å². The fourth-order valence-electron chi connectivity index (χ4n) is 0.309. The number of alkyl halides is 3. The molecule has 0 aliphatic rings. The standard InChI is InChI=1S/C4H8F3NS/c5-4(6,7)3-8-1-2-9/h8-9H,1-3H2. The van der Waals surface area contributed by atoms with Crippen LogP contribution in [0.1, 0.15) is 0 Å². The number of halogens is 3. The van der Waals surface area contributed by atoms with Crippen LogP contribution < -0.4 is 5.32 Å². The molecule has 1 N–H and O–H groups in total. The molecule has 1 nitrogen and oxygen atoms in total. The molecular weight excluding hydrogens is 151 g/mol. The van der Waals surface area contributed by atoms with E-state index in [4.69, 9.17) is 0 Å². The van der Waals surface area contributed by atoms with Crippen LogP contribution in [0.4, 0.5) is 13.2 Å². The van der Waals surface area contributed by atoms with Crippen LogP contribution in [-0.2, 0) is 0 Å². The molecule has 0 radical (unpaired) electrons. The first-order valence-corrected chi connectivity index (χ1v) is 3.08. The van der Waals surface area contributed by atoms with E-state index >= 15 is 0 Å². The van der Waals surface area contributed by atoms with Gasteiger partial charge in [0, 0.05) is 12.3 Å². The Balaban J connectivity index is 3.07. The predicted molar refractivity (Wildman–Crippen MR) is 32.8 cm³/mol. The monoisotopic (exact) mass is 159 g/mol. The van der Waals surface area contributed by atoms with Crippen molar-refractivity contribution in [2.75, 3.05) is 18.8 Å². The number of hydrogen-bond acceptors (Lipinski definition) is 2. The van der Waals surface area contributed by atoms with Gasteiger partial charge in [0.15, 0.2) is 0 Å². The fourth-order valence-corrected chi connectivity index (χ4v) is 0.467. The number of thiol groups is 1. The predicted octanol–water partition coefficient (Wildman–Crippen LogP) is 1.07. The molecule has 0 aromatic heterocycles. The van der Waals surface area contributed by atoms with E-state index in [2.05, 4.69) is 17.9 Å². The van der Waals surface area contributed by atoms with E-state index in [1.54, 1.807) is 0 Å². The highest BCUT2D eigenvalue weighted by Crippen LogP contribution is 2.11. The summed E-state index contributed by atoms with van der Waals surface area (Å²) in [5.41, 5.74) is 0. The van der Waals surface area contributed by atoms with Crippen molar-refractivity contribution in [3.63, 3.8) is 0 Å². The van der Waals surface area contributed by atoms with E-state index in [-0.39, 0.29) is 0 Å². The molecule has 0 aliphatic heterocycles. The second kappa shape index (κ2) is 4.00. The molecule has 0 saturated carbocycles. The quantitative estimate of drug-likeness (QED) is 0.463. The summed E-state index contributed by atoms with van der Waals surface area (Å²) in [7, 11) is 0. The third-order valence-corrected chi connectivity index (χ3v) is 0.838. The van der Waals surface area contributed by atoms with Crippen LogP contribution in [-0.4, -0.2) is 25.0 Å². The van der Waals surface area contributed by atoms with Crippen molar-refractivity contribution >= 4 is 12.6 Å². The summed E-state index contributed by atoms with van der Waals surface area (Å²) in [6, 6.07) is 0. The van der Waals surface area contributed by atoms with E-state index in [1.165, 1.54) is 0 Å². The lowest BCUT2D eigenvalue weighted by Gasteiger charge is -2.05. The SMILES string of the molecule is FC(F)(F)CNCCS. The average molecular weight is 159 g/mol. The molecule has 0 amide bonds. The van der Waals surface area contributed by atoms with Crippen LogP contribution in [0, 0.1) is 0 Å². The zero-order valence-electron chi connectivity index (χ0n) is 4.70. The lowest BCUT2D eigenvalue weighted by molar-refractivity contribution is -0.124. The summed E-state index contributed by atoms with van der Waals surface area (Å²) >= 11 is 3.72. The molecule has 0 aromatic rings. The third kappa shape index (κ3) is 8.10. The largest absolute Gasteiger partial charge is 0.401 e. The van der Waals surface area contributed by atoms with E-state index in [0.29, 0.717) is 12.3 Å². The highest BCUT2D eigenvalue weighted by Gasteiger charge is 2.25. The molecule has 56 valence electrons. The minimum atomic E-state index is -4.09. The number of rotatable bonds is 3.